The van der Waals surface area contributed by atoms with Gasteiger partial charge in [-0.05, 0) is 31.0 Å². The lowest BCUT2D eigenvalue weighted by molar-refractivity contribution is 0.0697. The molecule has 1 unspecified atom stereocenters. The van der Waals surface area contributed by atoms with Gasteiger partial charge in [0.15, 0.2) is 0 Å². The van der Waals surface area contributed by atoms with Crippen LogP contribution in [-0.4, -0.2) is 43.1 Å². The van der Waals surface area contributed by atoms with Crippen molar-refractivity contribution in [3.8, 4) is 0 Å². The summed E-state index contributed by atoms with van der Waals surface area (Å²) in [6.45, 7) is 6.39. The SMILES string of the molecule is CCCN(C(=O)c1cc2c(s1)CCOC2)C1CCNC1.Cl. The molecular formula is C15H23ClN2O2S. The van der Waals surface area contributed by atoms with Crippen LogP contribution < -0.4 is 5.32 Å². The molecule has 1 N–H and O–H groups in total. The van der Waals surface area contributed by atoms with Crippen LogP contribution in [0.25, 0.3) is 0 Å². The highest BCUT2D eigenvalue weighted by molar-refractivity contribution is 7.14. The minimum atomic E-state index is 0. The van der Waals surface area contributed by atoms with Gasteiger partial charge in [-0.25, -0.2) is 0 Å². The van der Waals surface area contributed by atoms with Crippen LogP contribution in [0.4, 0.5) is 0 Å². The number of nitrogens with one attached hydrogen (secondary N) is 1. The highest BCUT2D eigenvalue weighted by atomic mass is 35.5. The molecule has 0 spiro atoms. The molecule has 1 amide bonds. The summed E-state index contributed by atoms with van der Waals surface area (Å²) in [5, 5.41) is 3.36. The van der Waals surface area contributed by atoms with Crippen molar-refractivity contribution in [3.63, 3.8) is 0 Å². The van der Waals surface area contributed by atoms with Gasteiger partial charge < -0.3 is 15.0 Å². The number of hydrogen-bond donors (Lipinski definition) is 1. The van der Waals surface area contributed by atoms with Gasteiger partial charge in [-0.1, -0.05) is 6.92 Å². The molecule has 1 saturated heterocycles. The minimum Gasteiger partial charge on any atom is -0.376 e. The zero-order valence-electron chi connectivity index (χ0n) is 12.4. The molecule has 1 aromatic rings. The van der Waals surface area contributed by atoms with Crippen molar-refractivity contribution < 1.29 is 9.53 Å². The summed E-state index contributed by atoms with van der Waals surface area (Å²) in [5.74, 6) is 0.208. The first-order valence-corrected chi connectivity index (χ1v) is 8.32. The number of nitrogens with zero attached hydrogens (tertiary/aromatic N) is 1. The Hall–Kier alpha value is -0.620. The predicted molar refractivity (Wildman–Crippen MR) is 87.5 cm³/mol. The van der Waals surface area contributed by atoms with Crippen molar-refractivity contribution in [3.05, 3.63) is 21.4 Å². The lowest BCUT2D eigenvalue weighted by Crippen LogP contribution is -2.41. The second-order valence-corrected chi connectivity index (χ2v) is 6.64. The molecule has 2 aliphatic rings. The van der Waals surface area contributed by atoms with Crippen molar-refractivity contribution in [2.75, 3.05) is 26.2 Å². The molecule has 0 aliphatic carbocycles. The Morgan fingerprint density at radius 3 is 3.10 bits per heavy atom. The molecule has 21 heavy (non-hydrogen) atoms. The van der Waals surface area contributed by atoms with Crippen LogP contribution in [0, 0.1) is 0 Å². The summed E-state index contributed by atoms with van der Waals surface area (Å²) in [6, 6.07) is 2.41. The summed E-state index contributed by atoms with van der Waals surface area (Å²) in [6.07, 6.45) is 3.03. The Balaban J connectivity index is 0.00000161. The van der Waals surface area contributed by atoms with Gasteiger partial charge in [0, 0.05) is 30.4 Å². The van der Waals surface area contributed by atoms with Crippen LogP contribution in [0.1, 0.15) is 39.9 Å². The van der Waals surface area contributed by atoms with Gasteiger partial charge in [0.05, 0.1) is 18.1 Å². The van der Waals surface area contributed by atoms with Crippen LogP contribution in [0.15, 0.2) is 6.07 Å². The van der Waals surface area contributed by atoms with E-state index in [-0.39, 0.29) is 18.3 Å². The monoisotopic (exact) mass is 330 g/mol. The number of fused-ring (bicyclic) bond motifs is 1. The maximum atomic E-state index is 12.8. The molecule has 1 aromatic heterocycles. The largest absolute Gasteiger partial charge is 0.376 e. The molecule has 0 radical (unpaired) electrons. The first-order chi connectivity index (χ1) is 9.79. The third-order valence-electron chi connectivity index (χ3n) is 4.04. The summed E-state index contributed by atoms with van der Waals surface area (Å²) in [7, 11) is 0. The average Bonchev–Trinajstić information content (AvgIpc) is 3.12. The van der Waals surface area contributed by atoms with E-state index >= 15 is 0 Å². The molecule has 0 aromatic carbocycles. The van der Waals surface area contributed by atoms with Gasteiger partial charge in [-0.2, -0.15) is 0 Å². The van der Waals surface area contributed by atoms with Crippen LogP contribution in [0.2, 0.25) is 0 Å². The molecule has 3 rings (SSSR count). The highest BCUT2D eigenvalue weighted by Crippen LogP contribution is 2.28. The van der Waals surface area contributed by atoms with E-state index in [4.69, 9.17) is 4.74 Å². The Morgan fingerprint density at radius 1 is 1.57 bits per heavy atom. The zero-order chi connectivity index (χ0) is 13.9. The molecule has 2 aliphatic heterocycles. The van der Waals surface area contributed by atoms with E-state index in [9.17, 15) is 4.79 Å². The van der Waals surface area contributed by atoms with E-state index in [1.165, 1.54) is 10.4 Å². The second-order valence-electron chi connectivity index (χ2n) is 5.51. The van der Waals surface area contributed by atoms with Crippen LogP contribution in [0.5, 0.6) is 0 Å². The zero-order valence-corrected chi connectivity index (χ0v) is 14.0. The quantitative estimate of drug-likeness (QED) is 0.922. The normalized spacial score (nSPS) is 20.7. The average molecular weight is 331 g/mol. The Kier molecular flexibility index (Phi) is 6.05. The standard InChI is InChI=1S/C15H22N2O2S.ClH/c1-2-6-17(12-3-5-16-9-12)15(18)14-8-11-10-19-7-4-13(11)20-14;/h8,12,16H,2-7,9-10H2,1H3;1H. The molecule has 6 heteroatoms. The fraction of sp³-hybridized carbons (Fsp3) is 0.667. The molecule has 0 saturated carbocycles. The lowest BCUT2D eigenvalue weighted by Gasteiger charge is -2.27. The number of thiophene rings is 1. The van der Waals surface area contributed by atoms with Gasteiger partial charge in [-0.3, -0.25) is 4.79 Å². The topological polar surface area (TPSA) is 41.6 Å². The Labute approximate surface area is 136 Å². The number of carbonyl (C=O) groups is 1. The van der Waals surface area contributed by atoms with Crippen molar-refractivity contribution in [2.45, 2.75) is 38.8 Å². The first kappa shape index (κ1) is 16.7. The molecule has 3 heterocycles. The number of hydrogen-bond acceptors (Lipinski definition) is 4. The molecule has 1 fully saturated rings. The third kappa shape index (κ3) is 3.59. The van der Waals surface area contributed by atoms with E-state index in [0.29, 0.717) is 12.6 Å². The van der Waals surface area contributed by atoms with Crippen LogP contribution >= 0.6 is 23.7 Å². The van der Waals surface area contributed by atoms with Gasteiger partial charge in [0.2, 0.25) is 0 Å². The summed E-state index contributed by atoms with van der Waals surface area (Å²) < 4.78 is 5.47. The highest BCUT2D eigenvalue weighted by Gasteiger charge is 2.28. The number of ether oxygens (including phenoxy) is 1. The molecule has 4 nitrogen and oxygen atoms in total. The van der Waals surface area contributed by atoms with Crippen molar-refractivity contribution in [1.29, 1.82) is 0 Å². The number of carbonyl (C=O) groups excluding carboxylic acids is 1. The van der Waals surface area contributed by atoms with Gasteiger partial charge in [0.25, 0.3) is 5.91 Å². The van der Waals surface area contributed by atoms with E-state index in [2.05, 4.69) is 17.1 Å². The van der Waals surface area contributed by atoms with Gasteiger partial charge in [0.1, 0.15) is 0 Å². The van der Waals surface area contributed by atoms with Crippen molar-refractivity contribution in [1.82, 2.24) is 10.2 Å². The maximum absolute atomic E-state index is 12.8. The number of rotatable bonds is 4. The van der Waals surface area contributed by atoms with Crippen LogP contribution in [0.3, 0.4) is 0 Å². The third-order valence-corrected chi connectivity index (χ3v) is 5.26. The number of halogens is 1. The summed E-state index contributed by atoms with van der Waals surface area (Å²) >= 11 is 1.66. The van der Waals surface area contributed by atoms with E-state index in [0.717, 1.165) is 50.4 Å². The van der Waals surface area contributed by atoms with E-state index < -0.39 is 0 Å². The Bertz CT molecular complexity index is 463. The van der Waals surface area contributed by atoms with Gasteiger partial charge >= 0.3 is 0 Å². The maximum Gasteiger partial charge on any atom is 0.264 e. The number of amides is 1. The van der Waals surface area contributed by atoms with Crippen LogP contribution in [-0.2, 0) is 17.8 Å². The van der Waals surface area contributed by atoms with Crippen molar-refractivity contribution in [2.24, 2.45) is 0 Å². The fourth-order valence-electron chi connectivity index (χ4n) is 2.99. The van der Waals surface area contributed by atoms with E-state index in [1.54, 1.807) is 11.3 Å². The predicted octanol–water partition coefficient (Wildman–Crippen LogP) is 2.46. The first-order valence-electron chi connectivity index (χ1n) is 7.50. The summed E-state index contributed by atoms with van der Waals surface area (Å²) in [5.41, 5.74) is 1.21. The fourth-order valence-corrected chi connectivity index (χ4v) is 4.10. The Morgan fingerprint density at radius 2 is 2.43 bits per heavy atom. The van der Waals surface area contributed by atoms with Gasteiger partial charge in [-0.15, -0.1) is 23.7 Å². The molecule has 1 atom stereocenters. The smallest absolute Gasteiger partial charge is 0.264 e. The minimum absolute atomic E-state index is 0. The summed E-state index contributed by atoms with van der Waals surface area (Å²) in [4.78, 5) is 17.1. The molecular weight excluding hydrogens is 308 g/mol. The van der Waals surface area contributed by atoms with E-state index in [1.807, 2.05) is 6.07 Å². The molecule has 118 valence electrons. The van der Waals surface area contributed by atoms with Crippen molar-refractivity contribution >= 4 is 29.7 Å². The second kappa shape index (κ2) is 7.58. The lowest BCUT2D eigenvalue weighted by atomic mass is 10.1. The molecule has 0 bridgehead atoms.